The maximum atomic E-state index is 13.2. The number of hydrogen-bond donors (Lipinski definition) is 0. The van der Waals surface area contributed by atoms with Gasteiger partial charge in [0.1, 0.15) is 6.07 Å². The Hall–Kier alpha value is -2.46. The Morgan fingerprint density at radius 1 is 1.09 bits per heavy atom. The third-order valence-corrected chi connectivity index (χ3v) is 7.10. The smallest absolute Gasteiger partial charge is 0.375 e. The van der Waals surface area contributed by atoms with E-state index in [1.807, 2.05) is 18.3 Å². The summed E-state index contributed by atoms with van der Waals surface area (Å²) in [7, 11) is 0. The van der Waals surface area contributed by atoms with Crippen molar-refractivity contribution in [3.05, 3.63) is 59.2 Å². The van der Waals surface area contributed by atoms with Crippen molar-refractivity contribution in [2.45, 2.75) is 81.4 Å². The van der Waals surface area contributed by atoms with Gasteiger partial charge in [0.15, 0.2) is 5.69 Å². The maximum absolute atomic E-state index is 13.2. The van der Waals surface area contributed by atoms with Crippen LogP contribution < -0.4 is 0 Å². The highest BCUT2D eigenvalue weighted by Gasteiger charge is 2.48. The van der Waals surface area contributed by atoms with Crippen LogP contribution in [0.4, 0.5) is 13.2 Å². The number of nitrogens with zero attached hydrogens (tertiary/aromatic N) is 3. The summed E-state index contributed by atoms with van der Waals surface area (Å²) in [5.41, 5.74) is 0.00381. The largest absolute Gasteiger partial charge is 0.419 e. The minimum atomic E-state index is -4.57. The molecule has 1 spiro atoms. The molecule has 1 atom stereocenters. The van der Waals surface area contributed by atoms with Crippen molar-refractivity contribution in [1.82, 2.24) is 9.97 Å². The fraction of sp³-hybridized carbons (Fsp3) is 0.560. The third kappa shape index (κ3) is 4.80. The average Bonchev–Trinajstić information content (AvgIpc) is 3.24. The molecule has 0 unspecified atom stereocenters. The monoisotopic (exact) mass is 443 g/mol. The highest BCUT2D eigenvalue weighted by atomic mass is 19.4. The molecule has 2 aromatic rings. The molecular weight excluding hydrogens is 415 g/mol. The van der Waals surface area contributed by atoms with E-state index in [0.29, 0.717) is 12.0 Å². The zero-order valence-corrected chi connectivity index (χ0v) is 18.1. The van der Waals surface area contributed by atoms with E-state index in [1.165, 1.54) is 25.1 Å². The van der Waals surface area contributed by atoms with Gasteiger partial charge in [0.05, 0.1) is 11.2 Å². The zero-order valence-electron chi connectivity index (χ0n) is 18.1. The lowest BCUT2D eigenvalue weighted by atomic mass is 9.67. The molecule has 32 heavy (non-hydrogen) atoms. The number of unbranched alkanes of at least 4 members (excludes halogenated alkanes) is 1. The Balaban J connectivity index is 1.45. The number of pyridine rings is 2. The number of alkyl halides is 3. The second kappa shape index (κ2) is 9.19. The molecule has 2 aromatic heterocycles. The van der Waals surface area contributed by atoms with Crippen LogP contribution in [-0.4, -0.2) is 22.2 Å². The predicted octanol–water partition coefficient (Wildman–Crippen LogP) is 6.14. The van der Waals surface area contributed by atoms with Gasteiger partial charge in [0.2, 0.25) is 0 Å². The second-order valence-corrected chi connectivity index (χ2v) is 9.22. The Bertz CT molecular complexity index is 965. The minimum Gasteiger partial charge on any atom is -0.375 e. The van der Waals surface area contributed by atoms with Crippen molar-refractivity contribution in [2.75, 3.05) is 6.61 Å². The van der Waals surface area contributed by atoms with Crippen LogP contribution in [0.5, 0.6) is 0 Å². The fourth-order valence-electron chi connectivity index (χ4n) is 5.54. The summed E-state index contributed by atoms with van der Waals surface area (Å²) in [6.07, 6.45) is 8.21. The number of nitriles is 1. The van der Waals surface area contributed by atoms with Crippen molar-refractivity contribution < 1.29 is 17.9 Å². The van der Waals surface area contributed by atoms with Gasteiger partial charge in [-0.25, -0.2) is 4.98 Å². The van der Waals surface area contributed by atoms with Crippen molar-refractivity contribution >= 4 is 0 Å². The first-order valence-electron chi connectivity index (χ1n) is 11.4. The molecule has 0 amide bonds. The Morgan fingerprint density at radius 2 is 1.91 bits per heavy atom. The Kier molecular flexibility index (Phi) is 6.52. The van der Waals surface area contributed by atoms with Crippen LogP contribution in [-0.2, 0) is 22.7 Å². The molecule has 1 aliphatic carbocycles. The number of aromatic nitrogens is 2. The van der Waals surface area contributed by atoms with E-state index in [2.05, 4.69) is 11.1 Å². The maximum Gasteiger partial charge on any atom is 0.419 e. The summed E-state index contributed by atoms with van der Waals surface area (Å²) in [4.78, 5) is 8.44. The van der Waals surface area contributed by atoms with Crippen LogP contribution in [0.1, 0.15) is 80.3 Å². The molecule has 1 aliphatic heterocycles. The number of aryl methyl sites for hydroxylation is 1. The van der Waals surface area contributed by atoms with Crippen LogP contribution in [0.15, 0.2) is 36.7 Å². The molecule has 4 nitrogen and oxygen atoms in total. The number of rotatable bonds is 6. The van der Waals surface area contributed by atoms with Gasteiger partial charge in [-0.2, -0.15) is 18.4 Å². The van der Waals surface area contributed by atoms with Crippen molar-refractivity contribution in [2.24, 2.45) is 0 Å². The average molecular weight is 444 g/mol. The summed E-state index contributed by atoms with van der Waals surface area (Å²) in [6.45, 7) is 0.727. The molecule has 1 saturated heterocycles. The van der Waals surface area contributed by atoms with Crippen molar-refractivity contribution in [3.8, 4) is 6.07 Å². The third-order valence-electron chi connectivity index (χ3n) is 7.10. The highest BCUT2D eigenvalue weighted by Crippen LogP contribution is 2.50. The molecule has 2 fully saturated rings. The van der Waals surface area contributed by atoms with E-state index in [9.17, 15) is 13.2 Å². The van der Waals surface area contributed by atoms with E-state index >= 15 is 0 Å². The number of hydrogen-bond acceptors (Lipinski definition) is 4. The summed E-state index contributed by atoms with van der Waals surface area (Å²) in [5.74, 6) is 0. The van der Waals surface area contributed by atoms with Crippen LogP contribution in [0, 0.1) is 11.3 Å². The molecule has 170 valence electrons. The van der Waals surface area contributed by atoms with Crippen LogP contribution in [0.25, 0.3) is 0 Å². The van der Waals surface area contributed by atoms with Gasteiger partial charge in [-0.15, -0.1) is 0 Å². The van der Waals surface area contributed by atoms with Crippen molar-refractivity contribution in [1.29, 1.82) is 5.26 Å². The quantitative estimate of drug-likeness (QED) is 0.503. The van der Waals surface area contributed by atoms with Crippen molar-refractivity contribution in [3.63, 3.8) is 0 Å². The van der Waals surface area contributed by atoms with Crippen LogP contribution in [0.3, 0.4) is 0 Å². The first-order valence-corrected chi connectivity index (χ1v) is 11.4. The fourth-order valence-corrected chi connectivity index (χ4v) is 5.54. The lowest BCUT2D eigenvalue weighted by Gasteiger charge is -2.46. The van der Waals surface area contributed by atoms with Gasteiger partial charge in [0.25, 0.3) is 0 Å². The molecule has 0 bridgehead atoms. The normalized spacial score (nSPS) is 22.7. The van der Waals surface area contributed by atoms with E-state index in [4.69, 9.17) is 15.0 Å². The molecule has 0 N–H and O–H groups in total. The summed E-state index contributed by atoms with van der Waals surface area (Å²) in [5, 5.41) is 8.93. The van der Waals surface area contributed by atoms with Gasteiger partial charge in [-0.1, -0.05) is 25.3 Å². The minimum absolute atomic E-state index is 0.0472. The lowest BCUT2D eigenvalue weighted by Crippen LogP contribution is -2.46. The standard InChI is InChI=1S/C25H28F3N3O/c26-25(27,28)20-15-19(17-31-21(20)16-29)7-1-3-9-23(22-8-2-6-13-30-22)12-14-32-24(18-23)10-4-5-11-24/h2,6,8,13,15,17H,1,3-5,7,9-12,14,18H2/t23-/m1/s1. The molecule has 0 radical (unpaired) electrons. The summed E-state index contributed by atoms with van der Waals surface area (Å²) >= 11 is 0. The first kappa shape index (κ1) is 22.7. The molecule has 7 heteroatoms. The Labute approximate surface area is 186 Å². The SMILES string of the molecule is N#Cc1ncc(CCCC[C@@]2(c3ccccn3)CCOC3(CCCC3)C2)cc1C(F)(F)F. The summed E-state index contributed by atoms with van der Waals surface area (Å²) < 4.78 is 45.9. The first-order chi connectivity index (χ1) is 15.4. The topological polar surface area (TPSA) is 58.8 Å². The van der Waals surface area contributed by atoms with Gasteiger partial charge in [-0.3, -0.25) is 4.98 Å². The zero-order chi connectivity index (χ0) is 22.7. The van der Waals surface area contributed by atoms with Gasteiger partial charge >= 0.3 is 6.18 Å². The molecular formula is C25H28F3N3O. The van der Waals surface area contributed by atoms with Gasteiger partial charge in [0, 0.05) is 30.1 Å². The predicted molar refractivity (Wildman–Crippen MR) is 114 cm³/mol. The number of ether oxygens (including phenoxy) is 1. The molecule has 3 heterocycles. The summed E-state index contributed by atoms with van der Waals surface area (Å²) in [6, 6.07) is 8.67. The van der Waals surface area contributed by atoms with E-state index in [1.54, 1.807) is 0 Å². The molecule has 4 rings (SSSR count). The van der Waals surface area contributed by atoms with Gasteiger partial charge in [-0.05, 0) is 68.7 Å². The van der Waals surface area contributed by atoms with Crippen LogP contribution >= 0.6 is 0 Å². The second-order valence-electron chi connectivity index (χ2n) is 9.22. The van der Waals surface area contributed by atoms with E-state index in [-0.39, 0.29) is 11.0 Å². The van der Waals surface area contributed by atoms with E-state index < -0.39 is 17.4 Å². The highest BCUT2D eigenvalue weighted by molar-refractivity contribution is 5.35. The van der Waals surface area contributed by atoms with E-state index in [0.717, 1.165) is 63.3 Å². The van der Waals surface area contributed by atoms with Gasteiger partial charge < -0.3 is 4.74 Å². The molecule has 1 saturated carbocycles. The number of halogens is 3. The molecule has 2 aliphatic rings. The lowest BCUT2D eigenvalue weighted by molar-refractivity contribution is -0.138. The Morgan fingerprint density at radius 3 is 2.59 bits per heavy atom. The van der Waals surface area contributed by atoms with Crippen LogP contribution in [0.2, 0.25) is 0 Å². The molecule has 0 aromatic carbocycles.